The second kappa shape index (κ2) is 4.55. The van der Waals surface area contributed by atoms with Gasteiger partial charge in [-0.1, -0.05) is 0 Å². The first kappa shape index (κ1) is 10.3. The van der Waals surface area contributed by atoms with Gasteiger partial charge in [-0.05, 0) is 25.5 Å². The number of thiophene rings is 1. The van der Waals surface area contributed by atoms with Crippen LogP contribution in [-0.4, -0.2) is 42.1 Å². The van der Waals surface area contributed by atoms with Crippen molar-refractivity contribution < 1.29 is 0 Å². The maximum Gasteiger partial charge on any atom is 0.147 e. The maximum atomic E-state index is 4.25. The normalized spacial score (nSPS) is 11.1. The number of rotatable bonds is 4. The van der Waals surface area contributed by atoms with E-state index in [9.17, 15) is 0 Å². The third-order valence-corrected chi connectivity index (χ3v) is 3.00. The van der Waals surface area contributed by atoms with Gasteiger partial charge in [-0.3, -0.25) is 0 Å². The van der Waals surface area contributed by atoms with Gasteiger partial charge in [-0.15, -0.1) is 11.3 Å². The van der Waals surface area contributed by atoms with Crippen LogP contribution in [0.25, 0.3) is 10.2 Å². The topological polar surface area (TPSA) is 41.0 Å². The van der Waals surface area contributed by atoms with Crippen LogP contribution in [0.1, 0.15) is 0 Å². The molecule has 15 heavy (non-hydrogen) atoms. The number of nitrogens with one attached hydrogen (secondary N) is 1. The molecule has 2 rings (SSSR count). The first-order chi connectivity index (χ1) is 7.27. The zero-order chi connectivity index (χ0) is 10.7. The lowest BCUT2D eigenvalue weighted by atomic mass is 10.4. The molecule has 0 saturated heterocycles. The summed E-state index contributed by atoms with van der Waals surface area (Å²) in [6.45, 7) is 1.90. The Labute approximate surface area is 93.0 Å². The third-order valence-electron chi connectivity index (χ3n) is 2.09. The van der Waals surface area contributed by atoms with E-state index in [2.05, 4.69) is 34.3 Å². The summed E-state index contributed by atoms with van der Waals surface area (Å²) in [5, 5.41) is 5.36. The molecule has 1 N–H and O–H groups in total. The molecule has 0 aliphatic rings. The Hall–Kier alpha value is -1.20. The van der Waals surface area contributed by atoms with E-state index in [0.717, 1.165) is 29.1 Å². The van der Waals surface area contributed by atoms with E-state index in [-0.39, 0.29) is 0 Å². The summed E-state index contributed by atoms with van der Waals surface area (Å²) in [6, 6.07) is 2.01. The number of fused-ring (bicyclic) bond motifs is 1. The molecule has 0 saturated carbocycles. The fraction of sp³-hybridized carbons (Fsp3) is 0.400. The molecule has 0 radical (unpaired) electrons. The predicted octanol–water partition coefficient (Wildman–Crippen LogP) is 1.66. The molecule has 2 aromatic rings. The van der Waals surface area contributed by atoms with Gasteiger partial charge in [0.25, 0.3) is 0 Å². The first-order valence-corrected chi connectivity index (χ1v) is 5.72. The zero-order valence-electron chi connectivity index (χ0n) is 8.90. The van der Waals surface area contributed by atoms with Crippen molar-refractivity contribution >= 4 is 27.4 Å². The molecule has 0 aliphatic heterocycles. The third kappa shape index (κ3) is 2.43. The van der Waals surface area contributed by atoms with Gasteiger partial charge in [-0.25, -0.2) is 9.97 Å². The Morgan fingerprint density at radius 1 is 1.40 bits per heavy atom. The summed E-state index contributed by atoms with van der Waals surface area (Å²) in [4.78, 5) is 10.6. The number of anilines is 1. The van der Waals surface area contributed by atoms with E-state index in [1.54, 1.807) is 17.7 Å². The standard InChI is InChI=1S/C10H14N4S/c1-14(2)5-4-11-10-9-8(3-6-15-9)12-7-13-10/h3,6-7H,4-5H2,1-2H3,(H,11,12,13). The van der Waals surface area contributed by atoms with E-state index in [4.69, 9.17) is 0 Å². The van der Waals surface area contributed by atoms with Crippen molar-refractivity contribution in [3.8, 4) is 0 Å². The Balaban J connectivity index is 2.10. The Morgan fingerprint density at radius 3 is 3.07 bits per heavy atom. The van der Waals surface area contributed by atoms with Crippen molar-refractivity contribution in [3.63, 3.8) is 0 Å². The molecular formula is C10H14N4S. The van der Waals surface area contributed by atoms with Crippen LogP contribution >= 0.6 is 11.3 Å². The van der Waals surface area contributed by atoms with E-state index in [0.29, 0.717) is 0 Å². The van der Waals surface area contributed by atoms with Crippen LogP contribution < -0.4 is 5.32 Å². The largest absolute Gasteiger partial charge is 0.367 e. The van der Waals surface area contributed by atoms with Gasteiger partial charge >= 0.3 is 0 Å². The lowest BCUT2D eigenvalue weighted by Crippen LogP contribution is -2.21. The van der Waals surface area contributed by atoms with Gasteiger partial charge in [-0.2, -0.15) is 0 Å². The number of hydrogen-bond donors (Lipinski definition) is 1. The molecule has 0 fully saturated rings. The average molecular weight is 222 g/mol. The van der Waals surface area contributed by atoms with Crippen LogP contribution in [0, 0.1) is 0 Å². The highest BCUT2D eigenvalue weighted by molar-refractivity contribution is 7.17. The van der Waals surface area contributed by atoms with Crippen molar-refractivity contribution in [3.05, 3.63) is 17.8 Å². The van der Waals surface area contributed by atoms with Gasteiger partial charge in [0.2, 0.25) is 0 Å². The molecule has 2 aromatic heterocycles. The molecule has 0 spiro atoms. The second-order valence-corrected chi connectivity index (χ2v) is 4.50. The monoisotopic (exact) mass is 222 g/mol. The van der Waals surface area contributed by atoms with Gasteiger partial charge in [0.1, 0.15) is 12.1 Å². The number of hydrogen-bond acceptors (Lipinski definition) is 5. The summed E-state index contributed by atoms with van der Waals surface area (Å²) < 4.78 is 1.14. The van der Waals surface area contributed by atoms with Crippen molar-refractivity contribution in [1.82, 2.24) is 14.9 Å². The lowest BCUT2D eigenvalue weighted by molar-refractivity contribution is 0.425. The minimum absolute atomic E-state index is 0.900. The van der Waals surface area contributed by atoms with E-state index in [1.165, 1.54) is 0 Å². The van der Waals surface area contributed by atoms with Crippen molar-refractivity contribution in [2.24, 2.45) is 0 Å². The highest BCUT2D eigenvalue weighted by atomic mass is 32.1. The van der Waals surface area contributed by atoms with Crippen LogP contribution in [0.15, 0.2) is 17.8 Å². The van der Waals surface area contributed by atoms with E-state index < -0.39 is 0 Å². The average Bonchev–Trinajstić information content (AvgIpc) is 2.65. The minimum atomic E-state index is 0.900. The quantitative estimate of drug-likeness (QED) is 0.854. The lowest BCUT2D eigenvalue weighted by Gasteiger charge is -2.10. The van der Waals surface area contributed by atoms with Gasteiger partial charge in [0, 0.05) is 13.1 Å². The Bertz CT molecular complexity index is 438. The summed E-state index contributed by atoms with van der Waals surface area (Å²) >= 11 is 1.67. The molecule has 0 unspecified atom stereocenters. The molecule has 0 amide bonds. The highest BCUT2D eigenvalue weighted by Gasteiger charge is 2.03. The summed E-state index contributed by atoms with van der Waals surface area (Å²) in [5.41, 5.74) is 1.02. The van der Waals surface area contributed by atoms with Gasteiger partial charge in [0.05, 0.1) is 10.2 Å². The van der Waals surface area contributed by atoms with Crippen LogP contribution in [0.4, 0.5) is 5.82 Å². The predicted molar refractivity (Wildman–Crippen MR) is 64.5 cm³/mol. The number of aromatic nitrogens is 2. The maximum absolute atomic E-state index is 4.25. The van der Waals surface area contributed by atoms with E-state index >= 15 is 0 Å². The fourth-order valence-electron chi connectivity index (χ4n) is 1.31. The molecule has 0 bridgehead atoms. The van der Waals surface area contributed by atoms with Crippen LogP contribution in [0.2, 0.25) is 0 Å². The van der Waals surface area contributed by atoms with E-state index in [1.807, 2.05) is 11.4 Å². The number of nitrogens with zero attached hydrogens (tertiary/aromatic N) is 3. The van der Waals surface area contributed by atoms with Gasteiger partial charge < -0.3 is 10.2 Å². The summed E-state index contributed by atoms with van der Waals surface area (Å²) in [5.74, 6) is 0.942. The zero-order valence-corrected chi connectivity index (χ0v) is 9.71. The molecular weight excluding hydrogens is 208 g/mol. The smallest absolute Gasteiger partial charge is 0.147 e. The van der Waals surface area contributed by atoms with Gasteiger partial charge in [0.15, 0.2) is 0 Å². The minimum Gasteiger partial charge on any atom is -0.367 e. The molecule has 0 aliphatic carbocycles. The van der Waals surface area contributed by atoms with Crippen molar-refractivity contribution in [2.75, 3.05) is 32.5 Å². The molecule has 80 valence electrons. The second-order valence-electron chi connectivity index (χ2n) is 3.59. The SMILES string of the molecule is CN(C)CCNc1ncnc2ccsc12. The summed E-state index contributed by atoms with van der Waals surface area (Å²) in [7, 11) is 4.12. The van der Waals surface area contributed by atoms with Crippen molar-refractivity contribution in [2.45, 2.75) is 0 Å². The number of likely N-dealkylation sites (N-methyl/N-ethyl adjacent to an activating group) is 1. The molecule has 0 atom stereocenters. The van der Waals surface area contributed by atoms with Crippen LogP contribution in [0.3, 0.4) is 0 Å². The summed E-state index contributed by atoms with van der Waals surface area (Å²) in [6.07, 6.45) is 1.60. The molecule has 2 heterocycles. The Kier molecular flexibility index (Phi) is 3.13. The first-order valence-electron chi connectivity index (χ1n) is 4.84. The highest BCUT2D eigenvalue weighted by Crippen LogP contribution is 2.24. The molecule has 4 nitrogen and oxygen atoms in total. The van der Waals surface area contributed by atoms with Crippen LogP contribution in [0.5, 0.6) is 0 Å². The van der Waals surface area contributed by atoms with Crippen molar-refractivity contribution in [1.29, 1.82) is 0 Å². The molecule has 0 aromatic carbocycles. The Morgan fingerprint density at radius 2 is 2.27 bits per heavy atom. The molecule has 5 heteroatoms. The van der Waals surface area contributed by atoms with Crippen LogP contribution in [-0.2, 0) is 0 Å². The fourth-order valence-corrected chi connectivity index (χ4v) is 2.12.